The Labute approximate surface area is 146 Å². The Morgan fingerprint density at radius 2 is 1.95 bits per heavy atom. The summed E-state index contributed by atoms with van der Waals surface area (Å²) in [5, 5.41) is 0. The van der Waals surface area contributed by atoms with E-state index in [1.54, 1.807) is 7.11 Å². The minimum atomic E-state index is 0. The van der Waals surface area contributed by atoms with Gasteiger partial charge in [0.1, 0.15) is 5.75 Å². The summed E-state index contributed by atoms with van der Waals surface area (Å²) in [5.74, 6) is 1.70. The van der Waals surface area contributed by atoms with Crippen LogP contribution >= 0.6 is 9.58 Å². The number of aliphatic imine (C=N–C) groups is 1. The molecule has 0 radical (unpaired) electrons. The number of rotatable bonds is 2. The van der Waals surface area contributed by atoms with Crippen molar-refractivity contribution in [1.82, 2.24) is 0 Å². The van der Waals surface area contributed by atoms with Gasteiger partial charge in [-0.25, -0.2) is 0 Å². The van der Waals surface area contributed by atoms with Crippen molar-refractivity contribution < 1.29 is 27.4 Å². The fraction of sp³-hybridized carbons (Fsp3) is 0.176. The van der Waals surface area contributed by atoms with Gasteiger partial charge in [-0.1, -0.05) is 5.56 Å². The van der Waals surface area contributed by atoms with Gasteiger partial charge in [0.15, 0.2) is 0 Å². The minimum absolute atomic E-state index is 0. The van der Waals surface area contributed by atoms with E-state index in [4.69, 9.17) is 9.47 Å². The number of ether oxygens (including phenoxy) is 2. The summed E-state index contributed by atoms with van der Waals surface area (Å²) in [6.45, 7) is 0.667. The van der Waals surface area contributed by atoms with E-state index in [1.807, 2.05) is 42.5 Å². The standard InChI is InChI=1S/C16H14NO2.CH3.ClH.Ir/c1-18-13-8-6-12(7-9-13)17-15-10-11-19-16-5-3-2-4-14(15)16;;;/h2-3,5-9H,10-11H2,1H3;1H3;1H;/q2*-1;;+3/p-1. The second-order valence-corrected chi connectivity index (χ2v) is 4.26. The Balaban J connectivity index is 0.000000775. The number of benzene rings is 2. The number of methoxy groups -OCH3 is 1. The first-order valence-corrected chi connectivity index (χ1v) is 9.32. The van der Waals surface area contributed by atoms with Gasteiger partial charge in [-0.2, -0.15) is 0 Å². The molecule has 1 aliphatic rings. The quantitative estimate of drug-likeness (QED) is 0.574. The zero-order valence-corrected chi connectivity index (χ0v) is 15.6. The Hall–Kier alpha value is -1.35. The van der Waals surface area contributed by atoms with E-state index in [9.17, 15) is 0 Å². The third-order valence-electron chi connectivity index (χ3n) is 3.04. The molecule has 3 nitrogen and oxygen atoms in total. The molecule has 3 rings (SSSR count). The summed E-state index contributed by atoms with van der Waals surface area (Å²) in [6.07, 6.45) is 0.805. The fourth-order valence-electron chi connectivity index (χ4n) is 2.07. The molecule has 1 aliphatic heterocycles. The second kappa shape index (κ2) is 9.62. The van der Waals surface area contributed by atoms with Crippen LogP contribution in [0.5, 0.6) is 11.5 Å². The van der Waals surface area contributed by atoms with Crippen molar-refractivity contribution >= 4 is 21.0 Å². The van der Waals surface area contributed by atoms with Gasteiger partial charge in [-0.05, 0) is 36.4 Å². The van der Waals surface area contributed by atoms with Crippen LogP contribution in [0.2, 0.25) is 0 Å². The van der Waals surface area contributed by atoms with Crippen LogP contribution in [-0.4, -0.2) is 19.4 Å². The molecule has 0 fully saturated rings. The van der Waals surface area contributed by atoms with Crippen molar-refractivity contribution in [2.45, 2.75) is 6.42 Å². The Kier molecular flexibility index (Phi) is 8.18. The van der Waals surface area contributed by atoms with Gasteiger partial charge in [0, 0.05) is 5.75 Å². The summed E-state index contributed by atoms with van der Waals surface area (Å²) in [6, 6.07) is 16.7. The van der Waals surface area contributed by atoms with Crippen LogP contribution in [0.4, 0.5) is 5.69 Å². The molecule has 5 heteroatoms. The summed E-state index contributed by atoms with van der Waals surface area (Å²) in [4.78, 5) is 4.68. The first-order chi connectivity index (χ1) is 10.4. The monoisotopic (exact) mass is 495 g/mol. The fourth-order valence-corrected chi connectivity index (χ4v) is 2.07. The molecule has 0 bridgehead atoms. The van der Waals surface area contributed by atoms with Gasteiger partial charge in [0.25, 0.3) is 0 Å². The normalized spacial score (nSPS) is 13.9. The first-order valence-electron chi connectivity index (χ1n) is 6.35. The molecule has 118 valence electrons. The summed E-state index contributed by atoms with van der Waals surface area (Å²) < 4.78 is 10.7. The predicted molar refractivity (Wildman–Crippen MR) is 86.8 cm³/mol. The van der Waals surface area contributed by atoms with Crippen LogP contribution in [0.3, 0.4) is 0 Å². The van der Waals surface area contributed by atoms with Crippen molar-refractivity contribution in [3.8, 4) is 11.5 Å². The van der Waals surface area contributed by atoms with Crippen molar-refractivity contribution in [1.29, 1.82) is 0 Å². The van der Waals surface area contributed by atoms with Crippen molar-refractivity contribution in [2.24, 2.45) is 4.99 Å². The molecule has 0 amide bonds. The van der Waals surface area contributed by atoms with Gasteiger partial charge in [-0.15, -0.1) is 24.3 Å². The van der Waals surface area contributed by atoms with Crippen LogP contribution in [0.15, 0.2) is 47.5 Å². The molecule has 2 aromatic carbocycles. The topological polar surface area (TPSA) is 30.8 Å². The van der Waals surface area contributed by atoms with E-state index in [0.717, 1.165) is 34.9 Å². The Bertz CT molecular complexity index is 614. The van der Waals surface area contributed by atoms with Crippen molar-refractivity contribution in [3.63, 3.8) is 0 Å². The molecule has 0 aromatic heterocycles. The molecule has 0 atom stereocenters. The molecule has 2 aromatic rings. The molecule has 0 unspecified atom stereocenters. The zero-order chi connectivity index (χ0) is 15.1. The van der Waals surface area contributed by atoms with E-state index in [1.165, 1.54) is 17.9 Å². The molecule has 0 aliphatic carbocycles. The van der Waals surface area contributed by atoms with Gasteiger partial charge >= 0.3 is 27.5 Å². The molecular weight excluding hydrogens is 478 g/mol. The van der Waals surface area contributed by atoms with Gasteiger partial charge in [0.05, 0.1) is 19.4 Å². The molecule has 0 N–H and O–H groups in total. The van der Waals surface area contributed by atoms with E-state index >= 15 is 0 Å². The molecule has 0 saturated carbocycles. The predicted octanol–water partition coefficient (Wildman–Crippen LogP) is 4.54. The van der Waals surface area contributed by atoms with Gasteiger partial charge in [-0.3, -0.25) is 0 Å². The summed E-state index contributed by atoms with van der Waals surface area (Å²) >= 11 is 1.47. The van der Waals surface area contributed by atoms with Crippen LogP contribution in [0.1, 0.15) is 12.0 Å². The van der Waals surface area contributed by atoms with Crippen molar-refractivity contribution in [3.05, 3.63) is 61.5 Å². The second-order valence-electron chi connectivity index (χ2n) is 4.26. The number of hydrogen-bond acceptors (Lipinski definition) is 3. The first kappa shape index (κ1) is 18.7. The molecule has 0 spiro atoms. The Morgan fingerprint density at radius 1 is 1.23 bits per heavy atom. The number of nitrogens with zero attached hydrogens (tertiary/aromatic N) is 1. The van der Waals surface area contributed by atoms with Gasteiger partial charge < -0.3 is 21.9 Å². The summed E-state index contributed by atoms with van der Waals surface area (Å²) in [7, 11) is 6.30. The number of fused-ring (bicyclic) bond motifs is 1. The third kappa shape index (κ3) is 4.57. The van der Waals surface area contributed by atoms with Crippen molar-refractivity contribution in [2.75, 3.05) is 13.7 Å². The van der Waals surface area contributed by atoms with Crippen LogP contribution in [0.25, 0.3) is 0 Å². The van der Waals surface area contributed by atoms with Gasteiger partial charge in [0.2, 0.25) is 0 Å². The maximum absolute atomic E-state index is 5.60. The molecule has 0 saturated heterocycles. The molecule has 1 heterocycles. The van der Waals surface area contributed by atoms with E-state index in [2.05, 4.69) is 20.6 Å². The molecule has 22 heavy (non-hydrogen) atoms. The Morgan fingerprint density at radius 3 is 2.64 bits per heavy atom. The van der Waals surface area contributed by atoms with E-state index in [0.29, 0.717) is 6.61 Å². The maximum atomic E-state index is 5.60. The third-order valence-corrected chi connectivity index (χ3v) is 3.04. The number of halogens is 1. The average Bonchev–Trinajstić information content (AvgIpc) is 2.58. The van der Waals surface area contributed by atoms with E-state index < -0.39 is 0 Å². The summed E-state index contributed by atoms with van der Waals surface area (Å²) in [5.41, 5.74) is 2.90. The SMILES string of the molecule is COc1ccc(N=C2CCOc3ccc[c-]c32)cc1.[CH3-].[Cl][Ir+2]. The number of hydrogen-bond donors (Lipinski definition) is 0. The zero-order valence-electron chi connectivity index (χ0n) is 12.4. The van der Waals surface area contributed by atoms with E-state index in [-0.39, 0.29) is 7.43 Å². The van der Waals surface area contributed by atoms with Crippen LogP contribution in [0, 0.1) is 13.5 Å². The average molecular weight is 495 g/mol. The molecular formula is C17H17ClIrNO2. The van der Waals surface area contributed by atoms with Crippen LogP contribution < -0.4 is 9.47 Å². The van der Waals surface area contributed by atoms with Crippen LogP contribution in [-0.2, 0) is 17.9 Å².